The zero-order chi connectivity index (χ0) is 25.0. The number of thioether (sulfide) groups is 1. The lowest BCUT2D eigenvalue weighted by Gasteiger charge is -2.30. The largest absolute Gasteiger partial charge is 0.382 e. The molecule has 1 atom stereocenters. The molecule has 4 rings (SSSR count). The van der Waals surface area contributed by atoms with E-state index in [2.05, 4.69) is 11.5 Å². The monoisotopic (exact) mass is 519 g/mol. The number of aromatic nitrogens is 2. The van der Waals surface area contributed by atoms with Crippen LogP contribution in [-0.4, -0.2) is 48.6 Å². The van der Waals surface area contributed by atoms with Gasteiger partial charge in [-0.05, 0) is 80.5 Å². The van der Waals surface area contributed by atoms with E-state index in [0.29, 0.717) is 48.4 Å². The van der Waals surface area contributed by atoms with Crippen LogP contribution in [0.1, 0.15) is 44.2 Å². The van der Waals surface area contributed by atoms with E-state index in [1.165, 1.54) is 6.07 Å². The topological polar surface area (TPSA) is 64.4 Å². The summed E-state index contributed by atoms with van der Waals surface area (Å²) in [5.74, 6) is 0.776. The Morgan fingerprint density at radius 3 is 2.80 bits per heavy atom. The van der Waals surface area contributed by atoms with Crippen LogP contribution in [0.4, 0.5) is 4.39 Å². The van der Waals surface area contributed by atoms with Crippen molar-refractivity contribution in [2.45, 2.75) is 62.4 Å². The van der Waals surface area contributed by atoms with Crippen LogP contribution in [0.15, 0.2) is 46.5 Å². The molecule has 0 aliphatic carbocycles. The number of aryl methyl sites for hydroxylation is 2. The van der Waals surface area contributed by atoms with E-state index in [1.54, 1.807) is 34.3 Å². The van der Waals surface area contributed by atoms with Crippen LogP contribution in [-0.2, 0) is 27.1 Å². The molecule has 35 heavy (non-hydrogen) atoms. The van der Waals surface area contributed by atoms with Gasteiger partial charge < -0.3 is 9.30 Å². The third-order valence-electron chi connectivity index (χ3n) is 6.48. The highest BCUT2D eigenvalue weighted by Crippen LogP contribution is 2.31. The van der Waals surface area contributed by atoms with Crippen molar-refractivity contribution in [2.75, 3.05) is 26.3 Å². The third-order valence-corrected chi connectivity index (χ3v) is 9.36. The van der Waals surface area contributed by atoms with Gasteiger partial charge in [0.05, 0.1) is 15.9 Å². The smallest absolute Gasteiger partial charge is 0.243 e. The van der Waals surface area contributed by atoms with Crippen LogP contribution in [0.2, 0.25) is 0 Å². The van der Waals surface area contributed by atoms with Gasteiger partial charge in [0, 0.05) is 38.6 Å². The minimum Gasteiger partial charge on any atom is -0.382 e. The number of fused-ring (bicyclic) bond motifs is 1. The summed E-state index contributed by atoms with van der Waals surface area (Å²) in [5.41, 5.74) is 3.53. The van der Waals surface area contributed by atoms with Crippen molar-refractivity contribution in [3.05, 3.63) is 53.3 Å². The summed E-state index contributed by atoms with van der Waals surface area (Å²) in [5, 5.41) is 0.821. The lowest BCUT2D eigenvalue weighted by atomic mass is 10.0. The first-order valence-electron chi connectivity index (χ1n) is 12.3. The van der Waals surface area contributed by atoms with Crippen LogP contribution >= 0.6 is 11.8 Å². The second-order valence-corrected chi connectivity index (χ2v) is 12.1. The first-order valence-corrected chi connectivity index (χ1v) is 14.7. The van der Waals surface area contributed by atoms with E-state index in [-0.39, 0.29) is 5.82 Å². The van der Waals surface area contributed by atoms with Crippen molar-refractivity contribution in [3.8, 4) is 0 Å². The van der Waals surface area contributed by atoms with E-state index >= 15 is 0 Å². The van der Waals surface area contributed by atoms with E-state index in [1.807, 2.05) is 26.0 Å². The van der Waals surface area contributed by atoms with Gasteiger partial charge in [-0.15, -0.1) is 0 Å². The van der Waals surface area contributed by atoms with Gasteiger partial charge in [-0.25, -0.2) is 17.8 Å². The molecule has 1 aliphatic rings. The molecule has 1 saturated heterocycles. The molecule has 0 bridgehead atoms. The molecule has 0 saturated carbocycles. The van der Waals surface area contributed by atoms with Gasteiger partial charge in [-0.3, -0.25) is 0 Å². The molecular weight excluding hydrogens is 485 g/mol. The highest BCUT2D eigenvalue weighted by molar-refractivity contribution is 7.98. The SMILES string of the molecule is CCOCCCn1c(SCc2ccc(F)cc2C)nc2cc(S(=O)(=O)N3CCCC(C)C3)ccc21. The lowest BCUT2D eigenvalue weighted by Crippen LogP contribution is -2.39. The van der Waals surface area contributed by atoms with Gasteiger partial charge in [-0.1, -0.05) is 24.8 Å². The Morgan fingerprint density at radius 1 is 1.23 bits per heavy atom. The first-order chi connectivity index (χ1) is 16.8. The molecule has 0 spiro atoms. The molecule has 0 amide bonds. The maximum absolute atomic E-state index is 13.5. The number of rotatable bonds is 10. The molecule has 1 fully saturated rings. The molecule has 190 valence electrons. The lowest BCUT2D eigenvalue weighted by molar-refractivity contribution is 0.141. The number of nitrogens with zero attached hydrogens (tertiary/aromatic N) is 3. The number of ether oxygens (including phenoxy) is 1. The summed E-state index contributed by atoms with van der Waals surface area (Å²) in [6, 6.07) is 10.1. The molecule has 2 aromatic carbocycles. The second-order valence-electron chi connectivity index (χ2n) is 9.22. The summed E-state index contributed by atoms with van der Waals surface area (Å²) in [7, 11) is -3.56. The number of sulfonamides is 1. The van der Waals surface area contributed by atoms with E-state index in [9.17, 15) is 12.8 Å². The number of hydrogen-bond acceptors (Lipinski definition) is 5. The summed E-state index contributed by atoms with van der Waals surface area (Å²) in [6.45, 7) is 9.15. The predicted octanol–water partition coefficient (Wildman–Crippen LogP) is 5.62. The second kappa shape index (κ2) is 11.4. The standard InChI is InChI=1S/C26H34FN3O3S2/c1-4-33-14-6-13-30-25-11-10-23(35(31,32)29-12-5-7-19(2)17-29)16-24(25)28-26(30)34-18-21-8-9-22(27)15-20(21)3/h8-11,15-16,19H,4-7,12-14,17-18H2,1-3H3. The Balaban J connectivity index is 1.63. The molecule has 1 unspecified atom stereocenters. The average Bonchev–Trinajstić information content (AvgIpc) is 3.18. The number of piperidine rings is 1. The van der Waals surface area contributed by atoms with Gasteiger partial charge >= 0.3 is 0 Å². The highest BCUT2D eigenvalue weighted by atomic mass is 32.2. The summed E-state index contributed by atoms with van der Waals surface area (Å²) in [4.78, 5) is 5.13. The minimum atomic E-state index is -3.56. The van der Waals surface area contributed by atoms with E-state index in [0.717, 1.165) is 47.6 Å². The summed E-state index contributed by atoms with van der Waals surface area (Å²) < 4.78 is 49.4. The van der Waals surface area contributed by atoms with Crippen molar-refractivity contribution in [1.29, 1.82) is 0 Å². The first kappa shape index (κ1) is 26.1. The predicted molar refractivity (Wildman–Crippen MR) is 139 cm³/mol. The van der Waals surface area contributed by atoms with Crippen LogP contribution in [0.3, 0.4) is 0 Å². The van der Waals surface area contributed by atoms with Gasteiger partial charge in [0.1, 0.15) is 5.82 Å². The normalized spacial score (nSPS) is 17.3. The van der Waals surface area contributed by atoms with Crippen molar-refractivity contribution in [2.24, 2.45) is 5.92 Å². The van der Waals surface area contributed by atoms with Crippen molar-refractivity contribution in [1.82, 2.24) is 13.9 Å². The Labute approximate surface area is 211 Å². The Hall–Kier alpha value is -1.94. The molecule has 3 aromatic rings. The molecule has 1 aliphatic heterocycles. The average molecular weight is 520 g/mol. The Kier molecular flexibility index (Phi) is 8.52. The fourth-order valence-electron chi connectivity index (χ4n) is 4.52. The maximum Gasteiger partial charge on any atom is 0.243 e. The number of benzene rings is 2. The van der Waals surface area contributed by atoms with Crippen molar-refractivity contribution < 1.29 is 17.5 Å². The van der Waals surface area contributed by atoms with Crippen molar-refractivity contribution in [3.63, 3.8) is 0 Å². The van der Waals surface area contributed by atoms with Crippen LogP contribution in [0, 0.1) is 18.7 Å². The Morgan fingerprint density at radius 2 is 2.06 bits per heavy atom. The molecule has 6 nitrogen and oxygen atoms in total. The van der Waals surface area contributed by atoms with Crippen LogP contribution in [0.5, 0.6) is 0 Å². The van der Waals surface area contributed by atoms with E-state index < -0.39 is 10.0 Å². The molecule has 9 heteroatoms. The zero-order valence-corrected chi connectivity index (χ0v) is 22.3. The molecule has 0 N–H and O–H groups in total. The van der Waals surface area contributed by atoms with Gasteiger partial charge in [0.25, 0.3) is 0 Å². The van der Waals surface area contributed by atoms with E-state index in [4.69, 9.17) is 9.72 Å². The fraction of sp³-hybridized carbons (Fsp3) is 0.500. The number of halogens is 1. The van der Waals surface area contributed by atoms with Crippen LogP contribution in [0.25, 0.3) is 11.0 Å². The zero-order valence-electron chi connectivity index (χ0n) is 20.7. The van der Waals surface area contributed by atoms with Gasteiger partial charge in [0.15, 0.2) is 5.16 Å². The van der Waals surface area contributed by atoms with Gasteiger partial charge in [0.2, 0.25) is 10.0 Å². The molecule has 2 heterocycles. The third kappa shape index (κ3) is 6.07. The van der Waals surface area contributed by atoms with Crippen LogP contribution < -0.4 is 0 Å². The molecule has 1 aromatic heterocycles. The fourth-order valence-corrected chi connectivity index (χ4v) is 7.26. The minimum absolute atomic E-state index is 0.240. The number of imidazole rings is 1. The summed E-state index contributed by atoms with van der Waals surface area (Å²) in [6.07, 6.45) is 2.78. The molecular formula is C26H34FN3O3S2. The quantitative estimate of drug-likeness (QED) is 0.257. The molecule has 0 radical (unpaired) electrons. The van der Waals surface area contributed by atoms with Crippen molar-refractivity contribution >= 4 is 32.8 Å². The maximum atomic E-state index is 13.5. The van der Waals surface area contributed by atoms with Gasteiger partial charge in [-0.2, -0.15) is 4.31 Å². The highest BCUT2D eigenvalue weighted by Gasteiger charge is 2.29. The summed E-state index contributed by atoms with van der Waals surface area (Å²) >= 11 is 1.58. The Bertz CT molecular complexity index is 1280. The number of hydrogen-bond donors (Lipinski definition) is 0.